The van der Waals surface area contributed by atoms with Gasteiger partial charge in [-0.05, 0) is 49.7 Å². The minimum atomic E-state index is -0.461. The van der Waals surface area contributed by atoms with E-state index in [0.717, 1.165) is 5.56 Å². The van der Waals surface area contributed by atoms with Crippen LogP contribution in [-0.2, 0) is 0 Å². The van der Waals surface area contributed by atoms with Gasteiger partial charge in [-0.2, -0.15) is 11.3 Å². The molecule has 0 saturated heterocycles. The summed E-state index contributed by atoms with van der Waals surface area (Å²) in [6, 6.07) is 8.60. The molecule has 23 heavy (non-hydrogen) atoms. The van der Waals surface area contributed by atoms with Crippen molar-refractivity contribution in [2.45, 2.75) is 13.0 Å². The normalized spacial score (nSPS) is 12.1. The maximum atomic E-state index is 12.1. The van der Waals surface area contributed by atoms with Crippen LogP contribution in [0.4, 0.5) is 0 Å². The third kappa shape index (κ3) is 4.91. The molecule has 1 aromatic carbocycles. The summed E-state index contributed by atoms with van der Waals surface area (Å²) in [5, 5.41) is 3.76. The van der Waals surface area contributed by atoms with E-state index in [4.69, 9.17) is 10.5 Å². The number of ether oxygens (including phenoxy) is 1. The first-order valence-corrected chi connectivity index (χ1v) is 8.20. The van der Waals surface area contributed by atoms with Crippen LogP contribution in [0, 0.1) is 0 Å². The first-order valence-electron chi connectivity index (χ1n) is 7.25. The number of primary amides is 1. The van der Waals surface area contributed by atoms with Crippen LogP contribution >= 0.6 is 11.3 Å². The smallest absolute Gasteiger partial charge is 0.248 e. The zero-order chi connectivity index (χ0) is 16.8. The third-order valence-electron chi connectivity index (χ3n) is 3.62. The maximum Gasteiger partial charge on any atom is 0.248 e. The molecule has 0 aliphatic heterocycles. The standard InChI is InChI=1S/C17H20N2O3S/c1-12(19(2)9-16(20)14-7-8-23-11-14)10-22-15-5-3-13(4-6-15)17(18)21/h3-8,11-12H,9-10H2,1-2H3,(H2,18,21). The Bertz CT molecular complexity index is 653. The highest BCUT2D eigenvalue weighted by atomic mass is 32.1. The zero-order valence-corrected chi connectivity index (χ0v) is 14.0. The highest BCUT2D eigenvalue weighted by molar-refractivity contribution is 7.08. The SMILES string of the molecule is CC(COc1ccc(C(N)=O)cc1)N(C)CC(=O)c1ccsc1. The minimum Gasteiger partial charge on any atom is -0.492 e. The molecule has 122 valence electrons. The molecule has 1 atom stereocenters. The second-order valence-corrected chi connectivity index (χ2v) is 6.18. The van der Waals surface area contributed by atoms with Crippen molar-refractivity contribution in [2.75, 3.05) is 20.2 Å². The Balaban J connectivity index is 1.82. The number of carbonyl (C=O) groups is 2. The van der Waals surface area contributed by atoms with E-state index in [1.165, 1.54) is 11.3 Å². The number of carbonyl (C=O) groups excluding carboxylic acids is 2. The second-order valence-electron chi connectivity index (χ2n) is 5.40. The molecule has 2 N–H and O–H groups in total. The van der Waals surface area contributed by atoms with E-state index in [1.807, 2.05) is 35.7 Å². The highest BCUT2D eigenvalue weighted by Gasteiger charge is 2.15. The van der Waals surface area contributed by atoms with Crippen molar-refractivity contribution >= 4 is 23.0 Å². The predicted molar refractivity (Wildman–Crippen MR) is 91.2 cm³/mol. The Kier molecular flexibility index (Phi) is 5.90. The lowest BCUT2D eigenvalue weighted by Gasteiger charge is -2.24. The van der Waals surface area contributed by atoms with Crippen LogP contribution in [0.5, 0.6) is 5.75 Å². The molecule has 1 aromatic heterocycles. The Labute approximate surface area is 139 Å². The average molecular weight is 332 g/mol. The van der Waals surface area contributed by atoms with Gasteiger partial charge in [0.1, 0.15) is 12.4 Å². The quantitative estimate of drug-likeness (QED) is 0.754. The molecule has 0 spiro atoms. The van der Waals surface area contributed by atoms with Gasteiger partial charge < -0.3 is 10.5 Å². The van der Waals surface area contributed by atoms with Crippen molar-refractivity contribution in [2.24, 2.45) is 5.73 Å². The van der Waals surface area contributed by atoms with Gasteiger partial charge in [0, 0.05) is 22.5 Å². The van der Waals surface area contributed by atoms with E-state index in [2.05, 4.69) is 0 Å². The summed E-state index contributed by atoms with van der Waals surface area (Å²) in [6.07, 6.45) is 0. The summed E-state index contributed by atoms with van der Waals surface area (Å²) in [5.41, 5.74) is 6.39. The lowest BCUT2D eigenvalue weighted by atomic mass is 10.2. The molecule has 2 rings (SSSR count). The number of hydrogen-bond donors (Lipinski definition) is 1. The number of thiophene rings is 1. The predicted octanol–water partition coefficient (Wildman–Crippen LogP) is 2.43. The average Bonchev–Trinajstić information content (AvgIpc) is 3.07. The number of likely N-dealkylation sites (N-methyl/N-ethyl adjacent to an activating group) is 1. The van der Waals surface area contributed by atoms with Gasteiger partial charge >= 0.3 is 0 Å². The van der Waals surface area contributed by atoms with Crippen molar-refractivity contribution < 1.29 is 14.3 Å². The Hall–Kier alpha value is -2.18. The number of nitrogens with zero attached hydrogens (tertiary/aromatic N) is 1. The van der Waals surface area contributed by atoms with E-state index in [1.54, 1.807) is 24.3 Å². The number of Topliss-reactive ketones (excluding diaryl/α,β-unsaturated/α-hetero) is 1. The van der Waals surface area contributed by atoms with Crippen LogP contribution in [0.1, 0.15) is 27.6 Å². The Morgan fingerprint density at radius 1 is 1.22 bits per heavy atom. The molecular weight excluding hydrogens is 312 g/mol. The first kappa shape index (κ1) is 17.2. The van der Waals surface area contributed by atoms with Crippen molar-refractivity contribution in [1.82, 2.24) is 4.90 Å². The van der Waals surface area contributed by atoms with Crippen LogP contribution in [-0.4, -0.2) is 42.8 Å². The second kappa shape index (κ2) is 7.89. The lowest BCUT2D eigenvalue weighted by molar-refractivity contribution is 0.0899. The van der Waals surface area contributed by atoms with Crippen LogP contribution in [0.25, 0.3) is 0 Å². The number of ketones is 1. The number of rotatable bonds is 8. The molecule has 1 heterocycles. The van der Waals surface area contributed by atoms with Gasteiger partial charge in [-0.25, -0.2) is 0 Å². The molecule has 0 radical (unpaired) electrons. The molecule has 0 aliphatic rings. The maximum absolute atomic E-state index is 12.1. The van der Waals surface area contributed by atoms with Gasteiger partial charge in [-0.1, -0.05) is 0 Å². The Morgan fingerprint density at radius 2 is 1.91 bits per heavy atom. The molecule has 0 aliphatic carbocycles. The molecule has 0 fully saturated rings. The number of amides is 1. The van der Waals surface area contributed by atoms with Crippen LogP contribution in [0.3, 0.4) is 0 Å². The summed E-state index contributed by atoms with van der Waals surface area (Å²) in [5.74, 6) is 0.308. The van der Waals surface area contributed by atoms with Crippen LogP contribution in [0.2, 0.25) is 0 Å². The summed E-state index contributed by atoms with van der Waals surface area (Å²) < 4.78 is 5.69. The van der Waals surface area contributed by atoms with Crippen molar-refractivity contribution in [1.29, 1.82) is 0 Å². The fourth-order valence-corrected chi connectivity index (χ4v) is 2.62. The minimum absolute atomic E-state index is 0.0772. The largest absolute Gasteiger partial charge is 0.492 e. The summed E-state index contributed by atoms with van der Waals surface area (Å²) in [7, 11) is 1.90. The fraction of sp³-hybridized carbons (Fsp3) is 0.294. The van der Waals surface area contributed by atoms with Gasteiger partial charge in [0.05, 0.1) is 6.54 Å². The van der Waals surface area contributed by atoms with E-state index in [-0.39, 0.29) is 11.8 Å². The number of hydrogen-bond acceptors (Lipinski definition) is 5. The topological polar surface area (TPSA) is 72.6 Å². The van der Waals surface area contributed by atoms with Gasteiger partial charge in [-0.3, -0.25) is 14.5 Å². The van der Waals surface area contributed by atoms with Gasteiger partial charge in [0.15, 0.2) is 5.78 Å². The molecule has 1 amide bonds. The van der Waals surface area contributed by atoms with Crippen LogP contribution in [0.15, 0.2) is 41.1 Å². The van der Waals surface area contributed by atoms with Crippen LogP contribution < -0.4 is 10.5 Å². The van der Waals surface area contributed by atoms with Crippen molar-refractivity contribution in [3.05, 3.63) is 52.2 Å². The van der Waals surface area contributed by atoms with E-state index in [9.17, 15) is 9.59 Å². The molecular formula is C17H20N2O3S. The Morgan fingerprint density at radius 3 is 2.48 bits per heavy atom. The molecule has 0 saturated carbocycles. The van der Waals surface area contributed by atoms with Crippen molar-refractivity contribution in [3.8, 4) is 5.75 Å². The highest BCUT2D eigenvalue weighted by Crippen LogP contribution is 2.13. The zero-order valence-electron chi connectivity index (χ0n) is 13.2. The van der Waals surface area contributed by atoms with E-state index >= 15 is 0 Å². The summed E-state index contributed by atoms with van der Waals surface area (Å²) in [6.45, 7) is 2.80. The number of nitrogens with two attached hydrogens (primary N) is 1. The molecule has 6 heteroatoms. The molecule has 5 nitrogen and oxygen atoms in total. The molecule has 0 bridgehead atoms. The monoisotopic (exact) mass is 332 g/mol. The van der Waals surface area contributed by atoms with Gasteiger partial charge in [0.2, 0.25) is 5.91 Å². The third-order valence-corrected chi connectivity index (χ3v) is 4.30. The lowest BCUT2D eigenvalue weighted by Crippen LogP contribution is -2.37. The fourth-order valence-electron chi connectivity index (χ4n) is 1.96. The van der Waals surface area contributed by atoms with Gasteiger partial charge in [0.25, 0.3) is 0 Å². The number of benzene rings is 1. The van der Waals surface area contributed by atoms with E-state index in [0.29, 0.717) is 24.5 Å². The first-order chi connectivity index (χ1) is 11.0. The van der Waals surface area contributed by atoms with Crippen molar-refractivity contribution in [3.63, 3.8) is 0 Å². The molecule has 1 unspecified atom stereocenters. The summed E-state index contributed by atoms with van der Waals surface area (Å²) >= 11 is 1.52. The van der Waals surface area contributed by atoms with Gasteiger partial charge in [-0.15, -0.1) is 0 Å². The van der Waals surface area contributed by atoms with E-state index < -0.39 is 5.91 Å². The molecule has 2 aromatic rings. The summed E-state index contributed by atoms with van der Waals surface area (Å²) in [4.78, 5) is 25.0.